The van der Waals surface area contributed by atoms with Gasteiger partial charge in [-0.25, -0.2) is 0 Å². The van der Waals surface area contributed by atoms with Gasteiger partial charge in [-0.2, -0.15) is 0 Å². The molecule has 2 saturated heterocycles. The van der Waals surface area contributed by atoms with Gasteiger partial charge >= 0.3 is 0 Å². The third-order valence-electron chi connectivity index (χ3n) is 4.27. The lowest BCUT2D eigenvalue weighted by Crippen LogP contribution is -2.51. The Balaban J connectivity index is 1.68. The lowest BCUT2D eigenvalue weighted by molar-refractivity contribution is -0.136. The van der Waals surface area contributed by atoms with Crippen LogP contribution in [0.4, 0.5) is 0 Å². The van der Waals surface area contributed by atoms with E-state index in [2.05, 4.69) is 22.0 Å². The van der Waals surface area contributed by atoms with Crippen molar-refractivity contribution in [3.8, 4) is 0 Å². The summed E-state index contributed by atoms with van der Waals surface area (Å²) in [5, 5.41) is 3.38. The van der Waals surface area contributed by atoms with E-state index in [1.807, 2.05) is 0 Å². The number of carbonyl (C=O) groups excluding carboxylic acids is 1. The van der Waals surface area contributed by atoms with Crippen molar-refractivity contribution >= 4 is 5.91 Å². The van der Waals surface area contributed by atoms with Crippen molar-refractivity contribution in [1.82, 2.24) is 15.1 Å². The minimum atomic E-state index is 0.0838. The fourth-order valence-electron chi connectivity index (χ4n) is 3.16. The molecule has 2 rings (SSSR count). The number of likely N-dealkylation sites (tertiary alicyclic amines) is 2. The van der Waals surface area contributed by atoms with Gasteiger partial charge < -0.3 is 15.1 Å². The van der Waals surface area contributed by atoms with Crippen molar-refractivity contribution in [3.63, 3.8) is 0 Å². The average molecular weight is 267 g/mol. The zero-order valence-electron chi connectivity index (χ0n) is 12.4. The van der Waals surface area contributed by atoms with Crippen LogP contribution in [0.3, 0.4) is 0 Å². The smallest absolute Gasteiger partial charge is 0.239 e. The number of piperidine rings is 1. The zero-order valence-corrected chi connectivity index (χ0v) is 12.4. The molecular formula is C15H29N3O. The molecular weight excluding hydrogens is 238 g/mol. The van der Waals surface area contributed by atoms with Gasteiger partial charge in [0.05, 0.1) is 6.04 Å². The normalized spacial score (nSPS) is 25.2. The molecule has 2 heterocycles. The zero-order chi connectivity index (χ0) is 13.5. The maximum atomic E-state index is 12.3. The van der Waals surface area contributed by atoms with Gasteiger partial charge in [0.1, 0.15) is 0 Å². The molecule has 0 aromatic heterocycles. The summed E-state index contributed by atoms with van der Waals surface area (Å²) in [6, 6.07) is 0.0838. The fraction of sp³-hybridized carbons (Fsp3) is 0.933. The molecule has 19 heavy (non-hydrogen) atoms. The van der Waals surface area contributed by atoms with E-state index in [4.69, 9.17) is 0 Å². The Morgan fingerprint density at radius 3 is 2.68 bits per heavy atom. The predicted octanol–water partition coefficient (Wildman–Crippen LogP) is 1.46. The second-order valence-corrected chi connectivity index (χ2v) is 5.88. The number of rotatable bonds is 7. The molecule has 0 saturated carbocycles. The van der Waals surface area contributed by atoms with E-state index in [1.165, 1.54) is 25.9 Å². The second kappa shape index (κ2) is 7.85. The van der Waals surface area contributed by atoms with Gasteiger partial charge in [-0.1, -0.05) is 6.92 Å². The molecule has 2 aliphatic rings. The topological polar surface area (TPSA) is 35.6 Å². The van der Waals surface area contributed by atoms with E-state index in [0.717, 1.165) is 51.9 Å². The Hall–Kier alpha value is -0.610. The Morgan fingerprint density at radius 1 is 1.16 bits per heavy atom. The van der Waals surface area contributed by atoms with Crippen molar-refractivity contribution in [2.24, 2.45) is 0 Å². The molecule has 1 unspecified atom stereocenters. The van der Waals surface area contributed by atoms with Crippen LogP contribution >= 0.6 is 0 Å². The van der Waals surface area contributed by atoms with Crippen LogP contribution in [0.15, 0.2) is 0 Å². The summed E-state index contributed by atoms with van der Waals surface area (Å²) in [6.45, 7) is 8.69. The summed E-state index contributed by atoms with van der Waals surface area (Å²) < 4.78 is 0. The van der Waals surface area contributed by atoms with E-state index >= 15 is 0 Å². The van der Waals surface area contributed by atoms with Crippen LogP contribution in [0, 0.1) is 0 Å². The van der Waals surface area contributed by atoms with E-state index < -0.39 is 0 Å². The second-order valence-electron chi connectivity index (χ2n) is 5.88. The van der Waals surface area contributed by atoms with Gasteiger partial charge in [0, 0.05) is 13.1 Å². The standard InChI is InChI=1S/C15H29N3O/c1-2-8-16-14-7-5-12-18(15(14)19)13-6-11-17-9-3-4-10-17/h14,16H,2-13H2,1H3. The third-order valence-corrected chi connectivity index (χ3v) is 4.27. The summed E-state index contributed by atoms with van der Waals surface area (Å²) in [7, 11) is 0. The number of hydrogen-bond acceptors (Lipinski definition) is 3. The fourth-order valence-corrected chi connectivity index (χ4v) is 3.16. The molecule has 1 amide bonds. The van der Waals surface area contributed by atoms with Gasteiger partial charge in [0.15, 0.2) is 0 Å². The van der Waals surface area contributed by atoms with Crippen LogP contribution in [-0.4, -0.2) is 61.0 Å². The summed E-state index contributed by atoms with van der Waals surface area (Å²) in [5.74, 6) is 0.334. The van der Waals surface area contributed by atoms with E-state index in [1.54, 1.807) is 0 Å². The van der Waals surface area contributed by atoms with Gasteiger partial charge in [0.2, 0.25) is 5.91 Å². The van der Waals surface area contributed by atoms with Crippen LogP contribution in [0.2, 0.25) is 0 Å². The van der Waals surface area contributed by atoms with Crippen molar-refractivity contribution in [2.75, 3.05) is 39.3 Å². The first-order valence-corrected chi connectivity index (χ1v) is 8.06. The first kappa shape index (κ1) is 14.8. The largest absolute Gasteiger partial charge is 0.341 e. The Labute approximate surface area is 117 Å². The van der Waals surface area contributed by atoms with Crippen molar-refractivity contribution < 1.29 is 4.79 Å². The van der Waals surface area contributed by atoms with Crippen LogP contribution in [0.25, 0.3) is 0 Å². The van der Waals surface area contributed by atoms with Gasteiger partial charge in [-0.3, -0.25) is 4.79 Å². The number of hydrogen-bond donors (Lipinski definition) is 1. The summed E-state index contributed by atoms with van der Waals surface area (Å²) in [6.07, 6.45) is 7.10. The summed E-state index contributed by atoms with van der Waals surface area (Å²) >= 11 is 0. The lowest BCUT2D eigenvalue weighted by atomic mass is 10.0. The highest BCUT2D eigenvalue weighted by Gasteiger charge is 2.27. The van der Waals surface area contributed by atoms with Gasteiger partial charge in [-0.05, 0) is 64.7 Å². The highest BCUT2D eigenvalue weighted by molar-refractivity contribution is 5.82. The molecule has 110 valence electrons. The van der Waals surface area contributed by atoms with Gasteiger partial charge in [-0.15, -0.1) is 0 Å². The van der Waals surface area contributed by atoms with Gasteiger partial charge in [0.25, 0.3) is 0 Å². The van der Waals surface area contributed by atoms with Crippen LogP contribution in [0.5, 0.6) is 0 Å². The molecule has 0 aliphatic carbocycles. The minimum absolute atomic E-state index is 0.0838. The molecule has 4 heteroatoms. The summed E-state index contributed by atoms with van der Waals surface area (Å²) in [4.78, 5) is 16.9. The highest BCUT2D eigenvalue weighted by Crippen LogP contribution is 2.13. The van der Waals surface area contributed by atoms with Crippen LogP contribution in [0.1, 0.15) is 45.4 Å². The predicted molar refractivity (Wildman–Crippen MR) is 78.2 cm³/mol. The van der Waals surface area contributed by atoms with E-state index in [-0.39, 0.29) is 6.04 Å². The Kier molecular flexibility index (Phi) is 6.11. The highest BCUT2D eigenvalue weighted by atomic mass is 16.2. The molecule has 2 aliphatic heterocycles. The quantitative estimate of drug-likeness (QED) is 0.758. The minimum Gasteiger partial charge on any atom is -0.341 e. The maximum absolute atomic E-state index is 12.3. The molecule has 1 atom stereocenters. The number of carbonyl (C=O) groups is 1. The number of nitrogens with one attached hydrogen (secondary N) is 1. The first-order valence-electron chi connectivity index (χ1n) is 8.06. The molecule has 1 N–H and O–H groups in total. The number of nitrogens with zero attached hydrogens (tertiary/aromatic N) is 2. The molecule has 0 spiro atoms. The van der Waals surface area contributed by atoms with E-state index in [9.17, 15) is 4.79 Å². The van der Waals surface area contributed by atoms with Crippen LogP contribution < -0.4 is 5.32 Å². The Bertz CT molecular complexity index is 277. The average Bonchev–Trinajstić information content (AvgIpc) is 2.92. The van der Waals surface area contributed by atoms with E-state index in [0.29, 0.717) is 5.91 Å². The molecule has 0 aromatic carbocycles. The molecule has 4 nitrogen and oxygen atoms in total. The van der Waals surface area contributed by atoms with Crippen molar-refractivity contribution in [3.05, 3.63) is 0 Å². The van der Waals surface area contributed by atoms with Crippen molar-refractivity contribution in [2.45, 2.75) is 51.5 Å². The first-order chi connectivity index (χ1) is 9.31. The van der Waals surface area contributed by atoms with Crippen molar-refractivity contribution in [1.29, 1.82) is 0 Å². The molecule has 0 aromatic rings. The Morgan fingerprint density at radius 2 is 1.95 bits per heavy atom. The third kappa shape index (κ3) is 4.46. The molecule has 2 fully saturated rings. The SMILES string of the molecule is CCCNC1CCCN(CCCN2CCCC2)C1=O. The molecule has 0 radical (unpaired) electrons. The van der Waals surface area contributed by atoms with Crippen LogP contribution in [-0.2, 0) is 4.79 Å². The molecule has 0 bridgehead atoms. The number of amides is 1. The summed E-state index contributed by atoms with van der Waals surface area (Å²) in [5.41, 5.74) is 0. The monoisotopic (exact) mass is 267 g/mol. The maximum Gasteiger partial charge on any atom is 0.239 e. The lowest BCUT2D eigenvalue weighted by Gasteiger charge is -2.33.